The maximum atomic E-state index is 12.1. The summed E-state index contributed by atoms with van der Waals surface area (Å²) >= 11 is 0. The van der Waals surface area contributed by atoms with Crippen molar-refractivity contribution in [2.24, 2.45) is 0 Å². The van der Waals surface area contributed by atoms with E-state index < -0.39 is 0 Å². The highest BCUT2D eigenvalue weighted by Gasteiger charge is 2.07. The minimum Gasteiger partial charge on any atom is -0.462 e. The van der Waals surface area contributed by atoms with Crippen LogP contribution in [-0.2, 0) is 4.74 Å². The molecule has 2 N–H and O–H groups in total. The number of amides is 1. The molecule has 0 aliphatic heterocycles. The third kappa shape index (κ3) is 6.71. The Morgan fingerprint density at radius 1 is 1.07 bits per heavy atom. The standard InChI is InChI=1S/C20H26N4O3/c1-4-27-20(26)15-6-9-17(10-7-15)23-18-11-8-16(14-22-18)19(25)21-12-5-13-24(2)3/h6-11,14H,4-5,12-13H2,1-3H3,(H,21,25)(H,22,23). The van der Waals surface area contributed by atoms with Crippen LogP contribution >= 0.6 is 0 Å². The highest BCUT2D eigenvalue weighted by molar-refractivity contribution is 5.94. The number of benzene rings is 1. The number of carbonyl (C=O) groups is 2. The fraction of sp³-hybridized carbons (Fsp3) is 0.350. The van der Waals surface area contributed by atoms with Crippen LogP contribution < -0.4 is 10.6 Å². The molecule has 2 aromatic rings. The quantitative estimate of drug-likeness (QED) is 0.522. The lowest BCUT2D eigenvalue weighted by Gasteiger charge is -2.10. The number of pyridine rings is 1. The lowest BCUT2D eigenvalue weighted by molar-refractivity contribution is 0.0526. The highest BCUT2D eigenvalue weighted by Crippen LogP contribution is 2.16. The van der Waals surface area contributed by atoms with Gasteiger partial charge in [-0.3, -0.25) is 4.79 Å². The Kier molecular flexibility index (Phi) is 7.76. The van der Waals surface area contributed by atoms with E-state index in [-0.39, 0.29) is 11.9 Å². The van der Waals surface area contributed by atoms with Gasteiger partial charge in [-0.2, -0.15) is 0 Å². The van der Waals surface area contributed by atoms with Crippen molar-refractivity contribution in [3.8, 4) is 0 Å². The molecule has 1 aromatic carbocycles. The van der Waals surface area contributed by atoms with Crippen LogP contribution in [0.3, 0.4) is 0 Å². The first-order chi connectivity index (χ1) is 13.0. The molecule has 7 heteroatoms. The first-order valence-corrected chi connectivity index (χ1v) is 8.92. The number of rotatable bonds is 9. The summed E-state index contributed by atoms with van der Waals surface area (Å²) in [6.45, 7) is 3.67. The van der Waals surface area contributed by atoms with Crippen LogP contribution in [0.4, 0.5) is 11.5 Å². The molecule has 144 valence electrons. The Labute approximate surface area is 159 Å². The second-order valence-electron chi connectivity index (χ2n) is 6.27. The van der Waals surface area contributed by atoms with E-state index in [4.69, 9.17) is 4.74 Å². The summed E-state index contributed by atoms with van der Waals surface area (Å²) in [6.07, 6.45) is 2.43. The van der Waals surface area contributed by atoms with Crippen LogP contribution in [0, 0.1) is 0 Å². The summed E-state index contributed by atoms with van der Waals surface area (Å²) < 4.78 is 4.96. The fourth-order valence-corrected chi connectivity index (χ4v) is 2.35. The van der Waals surface area contributed by atoms with Gasteiger partial charge in [0.05, 0.1) is 17.7 Å². The average Bonchev–Trinajstić information content (AvgIpc) is 2.66. The molecule has 1 amide bonds. The van der Waals surface area contributed by atoms with Crippen molar-refractivity contribution in [3.63, 3.8) is 0 Å². The van der Waals surface area contributed by atoms with E-state index in [1.54, 1.807) is 43.3 Å². The molecule has 0 saturated heterocycles. The number of nitrogens with one attached hydrogen (secondary N) is 2. The first kappa shape index (κ1) is 20.4. The molecule has 1 aromatic heterocycles. The van der Waals surface area contributed by atoms with Gasteiger partial charge >= 0.3 is 5.97 Å². The van der Waals surface area contributed by atoms with Gasteiger partial charge in [0.1, 0.15) is 5.82 Å². The number of anilines is 2. The van der Waals surface area contributed by atoms with Crippen LogP contribution in [0.2, 0.25) is 0 Å². The van der Waals surface area contributed by atoms with Crippen LogP contribution in [0.15, 0.2) is 42.6 Å². The van der Waals surface area contributed by atoms with Gasteiger partial charge in [0.2, 0.25) is 0 Å². The molecule has 0 aliphatic rings. The number of hydrogen-bond donors (Lipinski definition) is 2. The number of aromatic nitrogens is 1. The topological polar surface area (TPSA) is 83.6 Å². The Balaban J connectivity index is 1.88. The average molecular weight is 370 g/mol. The van der Waals surface area contributed by atoms with Gasteiger partial charge in [-0.1, -0.05) is 0 Å². The molecule has 0 saturated carbocycles. The van der Waals surface area contributed by atoms with Crippen LogP contribution in [0.5, 0.6) is 0 Å². The molecule has 0 radical (unpaired) electrons. The predicted molar refractivity (Wildman–Crippen MR) is 105 cm³/mol. The third-order valence-electron chi connectivity index (χ3n) is 3.76. The molecule has 1 heterocycles. The molecule has 27 heavy (non-hydrogen) atoms. The molecule has 0 unspecified atom stereocenters. The normalized spacial score (nSPS) is 10.5. The lowest BCUT2D eigenvalue weighted by atomic mass is 10.2. The maximum Gasteiger partial charge on any atom is 0.338 e. The fourth-order valence-electron chi connectivity index (χ4n) is 2.35. The third-order valence-corrected chi connectivity index (χ3v) is 3.76. The van der Waals surface area contributed by atoms with Crippen molar-refractivity contribution in [3.05, 3.63) is 53.7 Å². The zero-order valence-corrected chi connectivity index (χ0v) is 16.0. The Morgan fingerprint density at radius 2 is 1.78 bits per heavy atom. The summed E-state index contributed by atoms with van der Waals surface area (Å²) in [7, 11) is 4.00. The lowest BCUT2D eigenvalue weighted by Crippen LogP contribution is -2.27. The molecule has 0 fully saturated rings. The van der Waals surface area contributed by atoms with E-state index in [1.807, 2.05) is 14.1 Å². The van der Waals surface area contributed by atoms with Crippen molar-refractivity contribution in [1.29, 1.82) is 0 Å². The monoisotopic (exact) mass is 370 g/mol. The molecule has 0 atom stereocenters. The second-order valence-corrected chi connectivity index (χ2v) is 6.27. The molecular formula is C20H26N4O3. The summed E-state index contributed by atoms with van der Waals surface area (Å²) in [5.74, 6) is 0.137. The minimum absolute atomic E-state index is 0.133. The zero-order chi connectivity index (χ0) is 19.6. The first-order valence-electron chi connectivity index (χ1n) is 8.92. The van der Waals surface area contributed by atoms with Crippen LogP contribution in [0.1, 0.15) is 34.1 Å². The van der Waals surface area contributed by atoms with E-state index in [0.29, 0.717) is 30.1 Å². The van der Waals surface area contributed by atoms with Crippen molar-refractivity contribution in [2.45, 2.75) is 13.3 Å². The summed E-state index contributed by atoms with van der Waals surface area (Å²) in [5.41, 5.74) is 1.80. The number of nitrogens with zero attached hydrogens (tertiary/aromatic N) is 2. The SMILES string of the molecule is CCOC(=O)c1ccc(Nc2ccc(C(=O)NCCCN(C)C)cn2)cc1. The van der Waals surface area contributed by atoms with Crippen LogP contribution in [-0.4, -0.2) is 55.6 Å². The van der Waals surface area contributed by atoms with Crippen molar-refractivity contribution >= 4 is 23.4 Å². The Morgan fingerprint density at radius 3 is 2.37 bits per heavy atom. The molecule has 0 aliphatic carbocycles. The highest BCUT2D eigenvalue weighted by atomic mass is 16.5. The van der Waals surface area contributed by atoms with Crippen molar-refractivity contribution in [2.75, 3.05) is 39.1 Å². The van der Waals surface area contributed by atoms with E-state index in [9.17, 15) is 9.59 Å². The van der Waals surface area contributed by atoms with Gasteiger partial charge in [-0.25, -0.2) is 9.78 Å². The van der Waals surface area contributed by atoms with E-state index in [0.717, 1.165) is 18.7 Å². The van der Waals surface area contributed by atoms with Gasteiger partial charge < -0.3 is 20.3 Å². The molecule has 0 spiro atoms. The van der Waals surface area contributed by atoms with Gasteiger partial charge in [0, 0.05) is 18.4 Å². The Hall–Kier alpha value is -2.93. The Bertz CT molecular complexity index is 743. The van der Waals surface area contributed by atoms with Crippen molar-refractivity contribution < 1.29 is 14.3 Å². The number of esters is 1. The number of ether oxygens (including phenoxy) is 1. The van der Waals surface area contributed by atoms with E-state index in [1.165, 1.54) is 6.20 Å². The summed E-state index contributed by atoms with van der Waals surface area (Å²) in [4.78, 5) is 30.1. The van der Waals surface area contributed by atoms with Crippen molar-refractivity contribution in [1.82, 2.24) is 15.2 Å². The zero-order valence-electron chi connectivity index (χ0n) is 16.0. The number of hydrogen-bond acceptors (Lipinski definition) is 6. The number of carbonyl (C=O) groups excluding carboxylic acids is 2. The summed E-state index contributed by atoms with van der Waals surface area (Å²) in [5, 5.41) is 6.01. The van der Waals surface area contributed by atoms with Gasteiger partial charge in [-0.15, -0.1) is 0 Å². The van der Waals surface area contributed by atoms with Gasteiger partial charge in [0.15, 0.2) is 0 Å². The molecular weight excluding hydrogens is 344 g/mol. The summed E-state index contributed by atoms with van der Waals surface area (Å²) in [6, 6.07) is 10.4. The minimum atomic E-state index is -0.344. The predicted octanol–water partition coefficient (Wildman–Crippen LogP) is 2.68. The molecule has 0 bridgehead atoms. The van der Waals surface area contributed by atoms with E-state index >= 15 is 0 Å². The van der Waals surface area contributed by atoms with Gasteiger partial charge in [-0.05, 0) is 70.4 Å². The van der Waals surface area contributed by atoms with E-state index in [2.05, 4.69) is 20.5 Å². The molecule has 7 nitrogen and oxygen atoms in total. The van der Waals surface area contributed by atoms with Crippen LogP contribution in [0.25, 0.3) is 0 Å². The molecule has 2 rings (SSSR count). The largest absolute Gasteiger partial charge is 0.462 e. The maximum absolute atomic E-state index is 12.1. The smallest absolute Gasteiger partial charge is 0.338 e. The second kappa shape index (κ2) is 10.3. The van der Waals surface area contributed by atoms with Gasteiger partial charge in [0.25, 0.3) is 5.91 Å².